The Morgan fingerprint density at radius 3 is 2.65 bits per heavy atom. The highest BCUT2D eigenvalue weighted by Gasteiger charge is 2.57. The zero-order valence-corrected chi connectivity index (χ0v) is 13.4. The Bertz CT molecular complexity index is 305. The molecule has 0 aromatic carbocycles. The lowest BCUT2D eigenvalue weighted by Gasteiger charge is -2.59. The Balaban J connectivity index is 1.54. The van der Waals surface area contributed by atoms with Gasteiger partial charge in [-0.2, -0.15) is 0 Å². The lowest BCUT2D eigenvalue weighted by Crippen LogP contribution is -2.73. The second kappa shape index (κ2) is 6.73. The van der Waals surface area contributed by atoms with Gasteiger partial charge in [-0.3, -0.25) is 0 Å². The number of rotatable bonds is 10. The number of nitrogens with two attached hydrogens (primary N) is 1. The monoisotopic (exact) mass is 284 g/mol. The van der Waals surface area contributed by atoms with E-state index in [1.807, 2.05) is 6.92 Å². The first-order valence-corrected chi connectivity index (χ1v) is 8.18. The van der Waals surface area contributed by atoms with E-state index in [0.29, 0.717) is 6.10 Å². The van der Waals surface area contributed by atoms with Gasteiger partial charge >= 0.3 is 0 Å². The van der Waals surface area contributed by atoms with Crippen LogP contribution in [0.4, 0.5) is 0 Å². The van der Waals surface area contributed by atoms with Crippen LogP contribution in [0.2, 0.25) is 0 Å². The van der Waals surface area contributed by atoms with E-state index in [2.05, 4.69) is 19.2 Å². The van der Waals surface area contributed by atoms with Crippen molar-refractivity contribution in [2.45, 2.75) is 58.1 Å². The summed E-state index contributed by atoms with van der Waals surface area (Å²) in [6.07, 6.45) is 5.06. The zero-order chi connectivity index (χ0) is 14.6. The van der Waals surface area contributed by atoms with Crippen molar-refractivity contribution in [3.05, 3.63) is 0 Å². The summed E-state index contributed by atoms with van der Waals surface area (Å²) < 4.78 is 11.4. The van der Waals surface area contributed by atoms with Gasteiger partial charge in [-0.1, -0.05) is 13.8 Å². The fourth-order valence-corrected chi connectivity index (χ4v) is 2.95. The molecule has 0 heterocycles. The van der Waals surface area contributed by atoms with Crippen LogP contribution in [0.5, 0.6) is 0 Å². The third kappa shape index (κ3) is 3.73. The van der Waals surface area contributed by atoms with Gasteiger partial charge in [0.2, 0.25) is 0 Å². The Kier molecular flexibility index (Phi) is 5.46. The van der Waals surface area contributed by atoms with Crippen molar-refractivity contribution in [3.63, 3.8) is 0 Å². The highest BCUT2D eigenvalue weighted by molar-refractivity contribution is 5.14. The Morgan fingerprint density at radius 1 is 1.30 bits per heavy atom. The minimum Gasteiger partial charge on any atom is -0.381 e. The minimum atomic E-state index is -0.137. The third-order valence-electron chi connectivity index (χ3n) is 5.14. The molecule has 4 nitrogen and oxygen atoms in total. The van der Waals surface area contributed by atoms with Gasteiger partial charge in [0.05, 0.1) is 6.10 Å². The highest BCUT2D eigenvalue weighted by atomic mass is 16.5. The van der Waals surface area contributed by atoms with Crippen LogP contribution in [0.3, 0.4) is 0 Å². The van der Waals surface area contributed by atoms with Gasteiger partial charge in [0.1, 0.15) is 0 Å². The molecule has 0 bridgehead atoms. The van der Waals surface area contributed by atoms with Crippen molar-refractivity contribution >= 4 is 0 Å². The number of hydrogen-bond acceptors (Lipinski definition) is 4. The molecule has 0 aromatic heterocycles. The molecule has 0 amide bonds. The van der Waals surface area contributed by atoms with Crippen LogP contribution in [0, 0.1) is 11.3 Å². The van der Waals surface area contributed by atoms with E-state index >= 15 is 0 Å². The molecule has 118 valence electrons. The topological polar surface area (TPSA) is 56.5 Å². The van der Waals surface area contributed by atoms with Crippen LogP contribution in [0.25, 0.3) is 0 Å². The predicted octanol–water partition coefficient (Wildman–Crippen LogP) is 1.93. The molecule has 2 aliphatic carbocycles. The molecule has 3 N–H and O–H groups in total. The van der Waals surface area contributed by atoms with Crippen molar-refractivity contribution in [2.24, 2.45) is 17.1 Å². The molecule has 20 heavy (non-hydrogen) atoms. The largest absolute Gasteiger partial charge is 0.381 e. The van der Waals surface area contributed by atoms with Gasteiger partial charge in [-0.25, -0.2) is 0 Å². The Morgan fingerprint density at radius 2 is 2.05 bits per heavy atom. The second-order valence-electron chi connectivity index (χ2n) is 7.07. The third-order valence-corrected chi connectivity index (χ3v) is 5.14. The van der Waals surface area contributed by atoms with Crippen LogP contribution in [-0.4, -0.2) is 44.6 Å². The van der Waals surface area contributed by atoms with E-state index < -0.39 is 0 Å². The molecule has 2 atom stereocenters. The van der Waals surface area contributed by atoms with E-state index in [-0.39, 0.29) is 11.0 Å². The van der Waals surface area contributed by atoms with E-state index in [1.54, 1.807) is 0 Å². The summed E-state index contributed by atoms with van der Waals surface area (Å²) >= 11 is 0. The molecule has 2 aliphatic rings. The molecule has 0 radical (unpaired) electrons. The summed E-state index contributed by atoms with van der Waals surface area (Å²) in [5, 5.41) is 3.49. The predicted molar refractivity (Wildman–Crippen MR) is 81.8 cm³/mol. The second-order valence-corrected chi connectivity index (χ2v) is 7.07. The van der Waals surface area contributed by atoms with Crippen LogP contribution < -0.4 is 11.1 Å². The summed E-state index contributed by atoms with van der Waals surface area (Å²) in [6, 6.07) is 0. The van der Waals surface area contributed by atoms with Crippen molar-refractivity contribution in [1.29, 1.82) is 0 Å². The Hall–Kier alpha value is -0.160. The average molecular weight is 284 g/mol. The van der Waals surface area contributed by atoms with Crippen molar-refractivity contribution in [1.82, 2.24) is 5.32 Å². The molecule has 0 aromatic rings. The number of hydrogen-bond donors (Lipinski definition) is 2. The molecule has 0 spiro atoms. The van der Waals surface area contributed by atoms with Gasteiger partial charge in [-0.15, -0.1) is 0 Å². The quantitative estimate of drug-likeness (QED) is 0.602. The van der Waals surface area contributed by atoms with Crippen LogP contribution in [-0.2, 0) is 9.47 Å². The van der Waals surface area contributed by atoms with E-state index in [9.17, 15) is 0 Å². The van der Waals surface area contributed by atoms with Crippen molar-refractivity contribution in [2.75, 3.05) is 32.9 Å². The zero-order valence-electron chi connectivity index (χ0n) is 13.4. The summed E-state index contributed by atoms with van der Waals surface area (Å²) in [5.41, 5.74) is 6.43. The summed E-state index contributed by atoms with van der Waals surface area (Å²) in [7, 11) is 0. The normalized spacial score (nSPS) is 32.1. The molecule has 4 heteroatoms. The van der Waals surface area contributed by atoms with Gasteiger partial charge in [0.25, 0.3) is 0 Å². The van der Waals surface area contributed by atoms with Crippen LogP contribution in [0.1, 0.15) is 46.5 Å². The van der Waals surface area contributed by atoms with Gasteiger partial charge in [0.15, 0.2) is 0 Å². The van der Waals surface area contributed by atoms with Crippen LogP contribution >= 0.6 is 0 Å². The Labute approximate surface area is 123 Å². The molecule has 2 rings (SSSR count). The van der Waals surface area contributed by atoms with Crippen molar-refractivity contribution < 1.29 is 9.47 Å². The molecule has 2 unspecified atom stereocenters. The standard InChI is InChI=1S/C16H32N2O2/c1-4-20-14-10-16(17,15(14,2)3)12-18-8-5-9-19-11-13-6-7-13/h13-14,18H,4-12,17H2,1-3H3. The average Bonchev–Trinajstić information content (AvgIpc) is 3.21. The molecule has 0 aliphatic heterocycles. The highest BCUT2D eigenvalue weighted by Crippen LogP contribution is 2.49. The maximum atomic E-state index is 6.52. The first-order chi connectivity index (χ1) is 9.49. The van der Waals surface area contributed by atoms with Gasteiger partial charge in [-0.05, 0) is 45.1 Å². The SMILES string of the molecule is CCOC1CC(N)(CNCCCOCC2CC2)C1(C)C. The first-order valence-electron chi connectivity index (χ1n) is 8.18. The first kappa shape index (κ1) is 16.2. The molecule has 2 saturated carbocycles. The smallest absolute Gasteiger partial charge is 0.0662 e. The van der Waals surface area contributed by atoms with Crippen molar-refractivity contribution in [3.8, 4) is 0 Å². The van der Waals surface area contributed by atoms with Crippen LogP contribution in [0.15, 0.2) is 0 Å². The van der Waals surface area contributed by atoms with E-state index in [4.69, 9.17) is 15.2 Å². The molecular weight excluding hydrogens is 252 g/mol. The summed E-state index contributed by atoms with van der Waals surface area (Å²) in [4.78, 5) is 0. The number of ether oxygens (including phenoxy) is 2. The molecule has 2 fully saturated rings. The number of nitrogens with one attached hydrogen (secondary N) is 1. The lowest BCUT2D eigenvalue weighted by molar-refractivity contribution is -0.148. The molecular formula is C16H32N2O2. The summed E-state index contributed by atoms with van der Waals surface area (Å²) in [5.74, 6) is 0.863. The lowest BCUT2D eigenvalue weighted by atomic mass is 9.54. The molecule has 0 saturated heterocycles. The minimum absolute atomic E-state index is 0.0541. The maximum Gasteiger partial charge on any atom is 0.0662 e. The van der Waals surface area contributed by atoms with E-state index in [0.717, 1.165) is 51.7 Å². The fraction of sp³-hybridized carbons (Fsp3) is 1.00. The van der Waals surface area contributed by atoms with Gasteiger partial charge < -0.3 is 20.5 Å². The summed E-state index contributed by atoms with van der Waals surface area (Å²) in [6.45, 7) is 10.9. The fourth-order valence-electron chi connectivity index (χ4n) is 2.95. The maximum absolute atomic E-state index is 6.52. The van der Waals surface area contributed by atoms with Gasteiger partial charge in [0, 0.05) is 37.3 Å². The van der Waals surface area contributed by atoms with E-state index in [1.165, 1.54) is 12.8 Å².